The van der Waals surface area contributed by atoms with Gasteiger partial charge in [-0.15, -0.1) is 0 Å². The van der Waals surface area contributed by atoms with E-state index in [1.807, 2.05) is 52.9 Å². The average Bonchev–Trinajstić information content (AvgIpc) is 2.16. The van der Waals surface area contributed by atoms with Crippen molar-refractivity contribution in [2.75, 3.05) is 0 Å². The van der Waals surface area contributed by atoms with E-state index in [2.05, 4.69) is 0 Å². The Morgan fingerprint density at radius 3 is 2.20 bits per heavy atom. The third-order valence-electron chi connectivity index (χ3n) is 2.07. The molecule has 0 radical (unpaired) electrons. The van der Waals surface area contributed by atoms with E-state index in [0.717, 1.165) is 14.3 Å². The molecule has 76 valence electrons. The molecule has 4 heteroatoms. The summed E-state index contributed by atoms with van der Waals surface area (Å²) >= 11 is 2.04. The van der Waals surface area contributed by atoms with E-state index >= 15 is 0 Å². The molecule has 0 saturated heterocycles. The number of hydrogen-bond acceptors (Lipinski definition) is 1. The van der Waals surface area contributed by atoms with Crippen molar-refractivity contribution in [1.82, 2.24) is 0 Å². The van der Waals surface area contributed by atoms with Gasteiger partial charge in [-0.3, -0.25) is 0 Å². The van der Waals surface area contributed by atoms with Crippen LogP contribution in [-0.4, -0.2) is 36.9 Å². The molecule has 1 N–H and O–H groups in total. The molecule has 0 aliphatic heterocycles. The standard InChI is InChI=1S/C11H7IO2.In.3H/c12-10-6-8-4-2-1-3-7(8)5-9(10)11(13)14;;;;/h1-6H,(H,13,14);;;;. The van der Waals surface area contributed by atoms with Crippen LogP contribution in [0, 0.1) is 3.57 Å². The summed E-state index contributed by atoms with van der Waals surface area (Å²) in [6, 6.07) is 11.3. The van der Waals surface area contributed by atoms with Gasteiger partial charge in [0.25, 0.3) is 0 Å². The minimum atomic E-state index is -0.875. The van der Waals surface area contributed by atoms with Crippen LogP contribution in [0.5, 0.6) is 0 Å². The molecular formula is C11H10IInO2. The molecule has 0 atom stereocenters. The van der Waals surface area contributed by atoms with Crippen LogP contribution < -0.4 is 0 Å². The first-order valence-corrected chi connectivity index (χ1v) is 5.18. The summed E-state index contributed by atoms with van der Waals surface area (Å²) in [5.41, 5.74) is 0.365. The number of halogens is 1. The summed E-state index contributed by atoms with van der Waals surface area (Å²) in [5.74, 6) is -0.875. The van der Waals surface area contributed by atoms with Crippen LogP contribution in [-0.2, 0) is 0 Å². The van der Waals surface area contributed by atoms with E-state index in [-0.39, 0.29) is 25.8 Å². The molecule has 2 nitrogen and oxygen atoms in total. The zero-order chi connectivity index (χ0) is 10.1. The van der Waals surface area contributed by atoms with E-state index in [4.69, 9.17) is 5.11 Å². The van der Waals surface area contributed by atoms with Gasteiger partial charge in [-0.25, -0.2) is 4.79 Å². The van der Waals surface area contributed by atoms with E-state index in [1.165, 1.54) is 0 Å². The summed E-state index contributed by atoms with van der Waals surface area (Å²) in [6.07, 6.45) is 0. The van der Waals surface area contributed by atoms with Crippen molar-refractivity contribution in [1.29, 1.82) is 0 Å². The first-order valence-electron chi connectivity index (χ1n) is 4.10. The van der Waals surface area contributed by atoms with Gasteiger partial charge in [0.1, 0.15) is 0 Å². The second-order valence-corrected chi connectivity index (χ2v) is 4.15. The molecular weight excluding hydrogens is 406 g/mol. The SMILES string of the molecule is O=C(O)c1cc2ccccc2cc1I.[InH3]. The molecule has 2 rings (SSSR count). The Balaban J connectivity index is 0.00000112. The molecule has 0 aliphatic carbocycles. The van der Waals surface area contributed by atoms with E-state index in [0.29, 0.717) is 5.56 Å². The van der Waals surface area contributed by atoms with E-state index < -0.39 is 5.97 Å². The summed E-state index contributed by atoms with van der Waals surface area (Å²) in [5, 5.41) is 11.0. The third-order valence-corrected chi connectivity index (χ3v) is 2.96. The van der Waals surface area contributed by atoms with Crippen LogP contribution in [0.4, 0.5) is 0 Å². The van der Waals surface area contributed by atoms with Crippen molar-refractivity contribution in [3.05, 3.63) is 45.5 Å². The number of hydrogen-bond donors (Lipinski definition) is 1. The summed E-state index contributed by atoms with van der Waals surface area (Å²) in [4.78, 5) is 10.9. The molecule has 0 spiro atoms. The Bertz CT molecular complexity index is 511. The van der Waals surface area contributed by atoms with Crippen molar-refractivity contribution in [3.8, 4) is 0 Å². The first-order chi connectivity index (χ1) is 6.68. The molecule has 0 unspecified atom stereocenters. The molecule has 0 fully saturated rings. The van der Waals surface area contributed by atoms with Gasteiger partial charge in [-0.05, 0) is 45.5 Å². The number of carboxylic acid groups (broad SMARTS) is 1. The molecule has 2 aromatic carbocycles. The van der Waals surface area contributed by atoms with Crippen molar-refractivity contribution < 1.29 is 9.90 Å². The fraction of sp³-hybridized carbons (Fsp3) is 0. The summed E-state index contributed by atoms with van der Waals surface area (Å²) in [6.45, 7) is 0. The van der Waals surface area contributed by atoms with Gasteiger partial charge in [0.05, 0.1) is 5.56 Å². The maximum absolute atomic E-state index is 10.9. The molecule has 0 bridgehead atoms. The van der Waals surface area contributed by atoms with Gasteiger partial charge >= 0.3 is 31.8 Å². The van der Waals surface area contributed by atoms with Crippen molar-refractivity contribution in [2.24, 2.45) is 0 Å². The van der Waals surface area contributed by atoms with Crippen molar-refractivity contribution in [2.45, 2.75) is 0 Å². The number of carboxylic acids is 1. The van der Waals surface area contributed by atoms with Crippen LogP contribution in [0.25, 0.3) is 10.8 Å². The molecule has 0 aliphatic rings. The average molecular weight is 416 g/mol. The first kappa shape index (κ1) is 12.8. The second-order valence-electron chi connectivity index (χ2n) is 2.98. The number of benzene rings is 2. The van der Waals surface area contributed by atoms with Gasteiger partial charge in [0.15, 0.2) is 0 Å². The molecule has 0 heterocycles. The van der Waals surface area contributed by atoms with Gasteiger partial charge in [0, 0.05) is 3.57 Å². The second kappa shape index (κ2) is 5.21. The monoisotopic (exact) mass is 416 g/mol. The number of fused-ring (bicyclic) bond motifs is 1. The van der Waals surface area contributed by atoms with Crippen LogP contribution in [0.2, 0.25) is 0 Å². The van der Waals surface area contributed by atoms with E-state index in [1.54, 1.807) is 6.07 Å². The normalized spacial score (nSPS) is 9.67. The minimum absolute atomic E-state index is 0. The molecule has 0 aromatic heterocycles. The van der Waals surface area contributed by atoms with Crippen LogP contribution >= 0.6 is 22.6 Å². The third kappa shape index (κ3) is 2.66. The number of carbonyl (C=O) groups is 1. The number of rotatable bonds is 1. The van der Waals surface area contributed by atoms with Crippen LogP contribution in [0.1, 0.15) is 10.4 Å². The van der Waals surface area contributed by atoms with Gasteiger partial charge < -0.3 is 5.11 Å². The van der Waals surface area contributed by atoms with Gasteiger partial charge in [-0.1, -0.05) is 24.3 Å². The quantitative estimate of drug-likeness (QED) is 0.723. The fourth-order valence-electron chi connectivity index (χ4n) is 1.38. The molecule has 15 heavy (non-hydrogen) atoms. The molecule has 0 saturated carbocycles. The van der Waals surface area contributed by atoms with Crippen molar-refractivity contribution in [3.63, 3.8) is 0 Å². The van der Waals surface area contributed by atoms with E-state index in [9.17, 15) is 4.79 Å². The summed E-state index contributed by atoms with van der Waals surface area (Å²) < 4.78 is 0.772. The summed E-state index contributed by atoms with van der Waals surface area (Å²) in [7, 11) is 0. The zero-order valence-electron chi connectivity index (χ0n) is 7.20. The van der Waals surface area contributed by atoms with Gasteiger partial charge in [0.2, 0.25) is 0 Å². The fourth-order valence-corrected chi connectivity index (χ4v) is 2.10. The topological polar surface area (TPSA) is 37.3 Å². The molecule has 2 aromatic rings. The predicted molar refractivity (Wildman–Crippen MR) is 73.6 cm³/mol. The predicted octanol–water partition coefficient (Wildman–Crippen LogP) is 1.96. The Morgan fingerprint density at radius 2 is 1.67 bits per heavy atom. The Labute approximate surface area is 120 Å². The van der Waals surface area contributed by atoms with Gasteiger partial charge in [-0.2, -0.15) is 0 Å². The Hall–Kier alpha value is -0.230. The zero-order valence-corrected chi connectivity index (χ0v) is 9.36. The van der Waals surface area contributed by atoms with Crippen LogP contribution in [0.15, 0.2) is 36.4 Å². The Morgan fingerprint density at radius 1 is 1.13 bits per heavy atom. The van der Waals surface area contributed by atoms with Crippen LogP contribution in [0.3, 0.4) is 0 Å². The Kier molecular flexibility index (Phi) is 4.46. The number of aromatic carboxylic acids is 1. The maximum atomic E-state index is 10.9. The van der Waals surface area contributed by atoms with Crippen molar-refractivity contribution >= 4 is 65.2 Å². The molecule has 0 amide bonds.